The Balaban J connectivity index is 1.44. The van der Waals surface area contributed by atoms with Crippen LogP contribution in [0.1, 0.15) is 35.4 Å². The Bertz CT molecular complexity index is 1420. The average molecular weight is 472 g/mol. The van der Waals surface area contributed by atoms with E-state index in [1.165, 1.54) is 35.9 Å². The SMILES string of the molecule is Cn1cc(-c2nc(C(=O)CCc3cccc(N4CCCC4)n3)c(N)nc2-c2ncco2)ccc1=O. The van der Waals surface area contributed by atoms with Crippen molar-refractivity contribution in [1.29, 1.82) is 0 Å². The Morgan fingerprint density at radius 3 is 2.66 bits per heavy atom. The van der Waals surface area contributed by atoms with Crippen LogP contribution in [-0.2, 0) is 13.5 Å². The van der Waals surface area contributed by atoms with Crippen LogP contribution in [0.15, 0.2) is 58.2 Å². The molecular formula is C25H25N7O3. The summed E-state index contributed by atoms with van der Waals surface area (Å²) in [5.41, 5.74) is 8.13. The van der Waals surface area contributed by atoms with Gasteiger partial charge in [0, 0.05) is 50.1 Å². The van der Waals surface area contributed by atoms with E-state index >= 15 is 0 Å². The number of pyridine rings is 2. The first kappa shape index (κ1) is 22.5. The zero-order chi connectivity index (χ0) is 24.4. The normalized spacial score (nSPS) is 13.3. The Morgan fingerprint density at radius 2 is 1.91 bits per heavy atom. The molecule has 2 N–H and O–H groups in total. The molecule has 0 aliphatic carbocycles. The third kappa shape index (κ3) is 4.68. The van der Waals surface area contributed by atoms with Crippen molar-refractivity contribution in [2.75, 3.05) is 23.7 Å². The van der Waals surface area contributed by atoms with Crippen LogP contribution in [-0.4, -0.2) is 43.4 Å². The largest absolute Gasteiger partial charge is 0.443 e. The second-order valence-corrected chi connectivity index (χ2v) is 8.46. The Morgan fingerprint density at radius 1 is 1.09 bits per heavy atom. The van der Waals surface area contributed by atoms with Gasteiger partial charge in [-0.15, -0.1) is 0 Å². The number of nitrogen functional groups attached to an aromatic ring is 1. The van der Waals surface area contributed by atoms with Crippen LogP contribution >= 0.6 is 0 Å². The predicted molar refractivity (Wildman–Crippen MR) is 131 cm³/mol. The quantitative estimate of drug-likeness (QED) is 0.404. The fraction of sp³-hybridized carbons (Fsp3) is 0.280. The van der Waals surface area contributed by atoms with Crippen LogP contribution in [0, 0.1) is 0 Å². The minimum Gasteiger partial charge on any atom is -0.443 e. The number of oxazole rings is 1. The number of carbonyl (C=O) groups excluding carboxylic acids is 1. The van der Waals surface area contributed by atoms with Crippen molar-refractivity contribution in [3.05, 3.63) is 70.7 Å². The first-order valence-electron chi connectivity index (χ1n) is 11.5. The molecule has 0 unspecified atom stereocenters. The molecular weight excluding hydrogens is 446 g/mol. The summed E-state index contributed by atoms with van der Waals surface area (Å²) in [6, 6.07) is 8.94. The van der Waals surface area contributed by atoms with E-state index in [-0.39, 0.29) is 35.2 Å². The maximum Gasteiger partial charge on any atom is 0.250 e. The van der Waals surface area contributed by atoms with Gasteiger partial charge in [-0.2, -0.15) is 0 Å². The van der Waals surface area contributed by atoms with E-state index in [0.717, 1.165) is 24.6 Å². The predicted octanol–water partition coefficient (Wildman–Crippen LogP) is 2.89. The van der Waals surface area contributed by atoms with Gasteiger partial charge in [0.2, 0.25) is 11.4 Å². The third-order valence-electron chi connectivity index (χ3n) is 6.01. The fourth-order valence-electron chi connectivity index (χ4n) is 4.17. The smallest absolute Gasteiger partial charge is 0.250 e. The van der Waals surface area contributed by atoms with Crippen molar-refractivity contribution >= 4 is 17.4 Å². The molecule has 1 saturated heterocycles. The molecule has 35 heavy (non-hydrogen) atoms. The molecule has 10 heteroatoms. The molecule has 4 aromatic rings. The highest BCUT2D eigenvalue weighted by molar-refractivity contribution is 5.99. The highest BCUT2D eigenvalue weighted by Crippen LogP contribution is 2.30. The van der Waals surface area contributed by atoms with E-state index in [2.05, 4.69) is 19.9 Å². The zero-order valence-corrected chi connectivity index (χ0v) is 19.3. The maximum absolute atomic E-state index is 13.2. The lowest BCUT2D eigenvalue weighted by molar-refractivity contribution is 0.0978. The van der Waals surface area contributed by atoms with Crippen molar-refractivity contribution < 1.29 is 9.21 Å². The number of hydrogen-bond acceptors (Lipinski definition) is 9. The molecule has 0 bridgehead atoms. The van der Waals surface area contributed by atoms with Crippen LogP contribution in [0.4, 0.5) is 11.6 Å². The number of rotatable bonds is 7. The highest BCUT2D eigenvalue weighted by Gasteiger charge is 2.22. The van der Waals surface area contributed by atoms with Crippen LogP contribution in [0.25, 0.3) is 22.8 Å². The minimum atomic E-state index is -0.242. The van der Waals surface area contributed by atoms with E-state index in [0.29, 0.717) is 23.4 Å². The van der Waals surface area contributed by atoms with Crippen LogP contribution < -0.4 is 16.2 Å². The number of nitrogens with two attached hydrogens (primary N) is 1. The summed E-state index contributed by atoms with van der Waals surface area (Å²) >= 11 is 0. The first-order chi connectivity index (χ1) is 17.0. The Hall–Kier alpha value is -4.34. The summed E-state index contributed by atoms with van der Waals surface area (Å²) in [5, 5.41) is 0. The van der Waals surface area contributed by atoms with Gasteiger partial charge in [-0.05, 0) is 37.5 Å². The molecule has 10 nitrogen and oxygen atoms in total. The number of Topliss-reactive ketones (excluding diaryl/α,β-unsaturated/α-hetero) is 1. The number of aromatic nitrogens is 5. The van der Waals surface area contributed by atoms with Crippen molar-refractivity contribution in [3.8, 4) is 22.8 Å². The molecule has 1 fully saturated rings. The van der Waals surface area contributed by atoms with E-state index in [4.69, 9.17) is 15.1 Å². The van der Waals surface area contributed by atoms with Gasteiger partial charge in [-0.1, -0.05) is 6.07 Å². The third-order valence-corrected chi connectivity index (χ3v) is 6.01. The number of anilines is 2. The molecule has 0 radical (unpaired) electrons. The summed E-state index contributed by atoms with van der Waals surface area (Å²) in [4.78, 5) is 45.2. The molecule has 4 aromatic heterocycles. The van der Waals surface area contributed by atoms with Crippen LogP contribution in [0.2, 0.25) is 0 Å². The lowest BCUT2D eigenvalue weighted by Gasteiger charge is -2.16. The van der Waals surface area contributed by atoms with Gasteiger partial charge >= 0.3 is 0 Å². The van der Waals surface area contributed by atoms with E-state index in [1.807, 2.05) is 18.2 Å². The van der Waals surface area contributed by atoms with Gasteiger partial charge in [0.15, 0.2) is 17.3 Å². The van der Waals surface area contributed by atoms with E-state index in [9.17, 15) is 9.59 Å². The van der Waals surface area contributed by atoms with E-state index in [1.54, 1.807) is 19.3 Å². The number of aryl methyl sites for hydroxylation is 2. The van der Waals surface area contributed by atoms with Gasteiger partial charge < -0.3 is 19.6 Å². The van der Waals surface area contributed by atoms with Gasteiger partial charge in [0.25, 0.3) is 0 Å². The van der Waals surface area contributed by atoms with Gasteiger partial charge in [0.05, 0.1) is 6.20 Å². The second kappa shape index (κ2) is 9.49. The Kier molecular flexibility index (Phi) is 6.09. The maximum atomic E-state index is 13.2. The average Bonchev–Trinajstić information content (AvgIpc) is 3.59. The van der Waals surface area contributed by atoms with E-state index < -0.39 is 0 Å². The molecule has 178 valence electrons. The zero-order valence-electron chi connectivity index (χ0n) is 19.3. The molecule has 1 aliphatic heterocycles. The molecule has 0 aromatic carbocycles. The van der Waals surface area contributed by atoms with Gasteiger partial charge in [-0.25, -0.2) is 19.9 Å². The molecule has 0 atom stereocenters. The summed E-state index contributed by atoms with van der Waals surface area (Å²) in [5.74, 6) is 0.915. The highest BCUT2D eigenvalue weighted by atomic mass is 16.3. The first-order valence-corrected chi connectivity index (χ1v) is 11.5. The number of ketones is 1. The standard InChI is InChI=1S/C25H25N7O3/c1-31-15-16(7-10-20(31)34)21-23(25-27-11-14-35-25)30-24(26)22(29-21)18(33)9-8-17-5-4-6-19(28-17)32-12-2-3-13-32/h4-7,10-11,14-15H,2-3,8-9,12-13H2,1H3,(H2,26,30). The second-order valence-electron chi connectivity index (χ2n) is 8.46. The summed E-state index contributed by atoms with van der Waals surface area (Å²) < 4.78 is 6.84. The van der Waals surface area contributed by atoms with Crippen molar-refractivity contribution in [2.45, 2.75) is 25.7 Å². The molecule has 0 spiro atoms. The molecule has 0 amide bonds. The Labute approximate surface area is 201 Å². The molecule has 5 rings (SSSR count). The van der Waals surface area contributed by atoms with Crippen LogP contribution in [0.5, 0.6) is 0 Å². The molecule has 5 heterocycles. The summed E-state index contributed by atoms with van der Waals surface area (Å²) in [6.07, 6.45) is 7.50. The van der Waals surface area contributed by atoms with Crippen LogP contribution in [0.3, 0.4) is 0 Å². The van der Waals surface area contributed by atoms with Crippen molar-refractivity contribution in [3.63, 3.8) is 0 Å². The number of nitrogens with zero attached hydrogens (tertiary/aromatic N) is 6. The fourth-order valence-corrected chi connectivity index (χ4v) is 4.17. The van der Waals surface area contributed by atoms with Crippen molar-refractivity contribution in [1.82, 2.24) is 24.5 Å². The molecule has 1 aliphatic rings. The number of hydrogen-bond donors (Lipinski definition) is 1. The summed E-state index contributed by atoms with van der Waals surface area (Å²) in [6.45, 7) is 2.01. The van der Waals surface area contributed by atoms with Gasteiger partial charge in [-0.3, -0.25) is 9.59 Å². The van der Waals surface area contributed by atoms with Crippen molar-refractivity contribution in [2.24, 2.45) is 7.05 Å². The molecule has 0 saturated carbocycles. The topological polar surface area (TPSA) is 133 Å². The lowest BCUT2D eigenvalue weighted by atomic mass is 10.1. The van der Waals surface area contributed by atoms with Gasteiger partial charge in [0.1, 0.15) is 23.5 Å². The number of carbonyl (C=O) groups is 1. The summed E-state index contributed by atoms with van der Waals surface area (Å²) in [7, 11) is 1.64. The minimum absolute atomic E-state index is 0.00412. The lowest BCUT2D eigenvalue weighted by Crippen LogP contribution is -2.19. The monoisotopic (exact) mass is 471 g/mol.